The minimum atomic E-state index is -4.70. The van der Waals surface area contributed by atoms with Gasteiger partial charge in [-0.2, -0.15) is 13.2 Å². The molecule has 0 saturated heterocycles. The maximum absolute atomic E-state index is 13.4. The van der Waals surface area contributed by atoms with Crippen LogP contribution in [0.25, 0.3) is 11.1 Å². The van der Waals surface area contributed by atoms with Crippen LogP contribution in [0.5, 0.6) is 0 Å². The van der Waals surface area contributed by atoms with Crippen molar-refractivity contribution in [2.24, 2.45) is 5.73 Å². The van der Waals surface area contributed by atoms with Gasteiger partial charge < -0.3 is 5.73 Å². The SMILES string of the molecule is NC1CCc2c(-c3ccc(F)c(C(F)(F)F)c3)cccc21. The van der Waals surface area contributed by atoms with E-state index in [0.717, 1.165) is 36.1 Å². The molecule has 1 atom stereocenters. The highest BCUT2D eigenvalue weighted by molar-refractivity contribution is 5.70. The molecule has 0 aliphatic heterocycles. The van der Waals surface area contributed by atoms with Crippen LogP contribution in [0.4, 0.5) is 17.6 Å². The van der Waals surface area contributed by atoms with Crippen molar-refractivity contribution in [1.29, 1.82) is 0 Å². The number of hydrogen-bond donors (Lipinski definition) is 1. The summed E-state index contributed by atoms with van der Waals surface area (Å²) in [5, 5.41) is 0. The quantitative estimate of drug-likeness (QED) is 0.772. The standard InChI is InChI=1S/C16H13F4N/c17-14-6-4-9(8-13(14)16(18,19)20)10-2-1-3-12-11(10)5-7-15(12)21/h1-4,6,8,15H,5,7,21H2. The van der Waals surface area contributed by atoms with Gasteiger partial charge in [0.05, 0.1) is 5.56 Å². The third-order valence-electron chi connectivity index (χ3n) is 3.90. The molecular weight excluding hydrogens is 282 g/mol. The highest BCUT2D eigenvalue weighted by atomic mass is 19.4. The summed E-state index contributed by atoms with van der Waals surface area (Å²) in [6.45, 7) is 0. The van der Waals surface area contributed by atoms with Crippen LogP contribution < -0.4 is 5.73 Å². The Kier molecular flexibility index (Phi) is 3.24. The molecule has 5 heteroatoms. The molecule has 21 heavy (non-hydrogen) atoms. The number of alkyl halides is 3. The van der Waals surface area contributed by atoms with Crippen molar-refractivity contribution in [3.05, 3.63) is 58.9 Å². The third kappa shape index (κ3) is 2.42. The molecule has 1 unspecified atom stereocenters. The van der Waals surface area contributed by atoms with Crippen molar-refractivity contribution < 1.29 is 17.6 Å². The zero-order valence-corrected chi connectivity index (χ0v) is 11.0. The fourth-order valence-corrected chi connectivity index (χ4v) is 2.87. The van der Waals surface area contributed by atoms with E-state index in [1.165, 1.54) is 6.07 Å². The Bertz CT molecular complexity index is 691. The van der Waals surface area contributed by atoms with Gasteiger partial charge in [0.25, 0.3) is 0 Å². The van der Waals surface area contributed by atoms with Gasteiger partial charge in [-0.25, -0.2) is 4.39 Å². The Labute approximate surface area is 119 Å². The molecule has 2 aromatic rings. The van der Waals surface area contributed by atoms with E-state index >= 15 is 0 Å². The first-order chi connectivity index (χ1) is 9.88. The first-order valence-electron chi connectivity index (χ1n) is 6.62. The zero-order chi connectivity index (χ0) is 15.2. The Balaban J connectivity index is 2.15. The predicted octanol–water partition coefficient (Wildman–Crippen LogP) is 4.46. The van der Waals surface area contributed by atoms with Crippen molar-refractivity contribution in [2.75, 3.05) is 0 Å². The lowest BCUT2D eigenvalue weighted by atomic mass is 9.95. The average molecular weight is 295 g/mol. The van der Waals surface area contributed by atoms with Crippen molar-refractivity contribution in [3.63, 3.8) is 0 Å². The van der Waals surface area contributed by atoms with Crippen molar-refractivity contribution in [2.45, 2.75) is 25.1 Å². The molecule has 2 aromatic carbocycles. The number of fused-ring (bicyclic) bond motifs is 1. The van der Waals surface area contributed by atoms with Gasteiger partial charge in [0.15, 0.2) is 0 Å². The summed E-state index contributed by atoms with van der Waals surface area (Å²) in [5.74, 6) is -1.25. The molecule has 3 rings (SSSR count). The van der Waals surface area contributed by atoms with Gasteiger partial charge in [-0.15, -0.1) is 0 Å². The van der Waals surface area contributed by atoms with Crippen LogP contribution in [0, 0.1) is 5.82 Å². The van der Waals surface area contributed by atoms with E-state index in [9.17, 15) is 17.6 Å². The van der Waals surface area contributed by atoms with Crippen LogP contribution in [0.15, 0.2) is 36.4 Å². The summed E-state index contributed by atoms with van der Waals surface area (Å²) in [6.07, 6.45) is -3.19. The van der Waals surface area contributed by atoms with Crippen LogP contribution in [-0.4, -0.2) is 0 Å². The molecule has 0 amide bonds. The second-order valence-corrected chi connectivity index (χ2v) is 5.21. The molecular formula is C16H13F4N. The minimum Gasteiger partial charge on any atom is -0.324 e. The van der Waals surface area contributed by atoms with E-state index in [1.807, 2.05) is 6.07 Å². The second-order valence-electron chi connectivity index (χ2n) is 5.21. The van der Waals surface area contributed by atoms with Crippen molar-refractivity contribution in [3.8, 4) is 11.1 Å². The highest BCUT2D eigenvalue weighted by Gasteiger charge is 2.34. The summed E-state index contributed by atoms with van der Waals surface area (Å²) >= 11 is 0. The minimum absolute atomic E-state index is 0.0810. The Hall–Kier alpha value is -1.88. The highest BCUT2D eigenvalue weighted by Crippen LogP contribution is 2.39. The summed E-state index contributed by atoms with van der Waals surface area (Å²) in [7, 11) is 0. The normalized spacial score (nSPS) is 17.9. The molecule has 0 radical (unpaired) electrons. The lowest BCUT2D eigenvalue weighted by Gasteiger charge is -2.13. The predicted molar refractivity (Wildman–Crippen MR) is 72.1 cm³/mol. The Morgan fingerprint density at radius 2 is 1.86 bits per heavy atom. The van der Waals surface area contributed by atoms with Crippen LogP contribution in [0.1, 0.15) is 29.2 Å². The number of hydrogen-bond acceptors (Lipinski definition) is 1. The monoisotopic (exact) mass is 295 g/mol. The van der Waals surface area contributed by atoms with Crippen LogP contribution in [0.2, 0.25) is 0 Å². The van der Waals surface area contributed by atoms with Gasteiger partial charge in [-0.3, -0.25) is 0 Å². The van der Waals surface area contributed by atoms with Crippen LogP contribution >= 0.6 is 0 Å². The molecule has 0 aromatic heterocycles. The average Bonchev–Trinajstić information content (AvgIpc) is 2.80. The topological polar surface area (TPSA) is 26.0 Å². The van der Waals surface area contributed by atoms with Gasteiger partial charge in [0, 0.05) is 6.04 Å². The van der Waals surface area contributed by atoms with E-state index in [2.05, 4.69) is 0 Å². The van der Waals surface area contributed by atoms with E-state index in [-0.39, 0.29) is 6.04 Å². The molecule has 110 valence electrons. The summed E-state index contributed by atoms with van der Waals surface area (Å²) in [6, 6.07) is 8.46. The first-order valence-corrected chi connectivity index (χ1v) is 6.62. The molecule has 0 heterocycles. The molecule has 0 fully saturated rings. The van der Waals surface area contributed by atoms with Gasteiger partial charge >= 0.3 is 6.18 Å². The molecule has 0 bridgehead atoms. The van der Waals surface area contributed by atoms with Gasteiger partial charge in [0.2, 0.25) is 0 Å². The number of benzene rings is 2. The maximum Gasteiger partial charge on any atom is 0.419 e. The summed E-state index contributed by atoms with van der Waals surface area (Å²) in [4.78, 5) is 0. The first kappa shape index (κ1) is 14.1. The lowest BCUT2D eigenvalue weighted by molar-refractivity contribution is -0.139. The molecule has 1 nitrogen and oxygen atoms in total. The molecule has 0 saturated carbocycles. The molecule has 2 N–H and O–H groups in total. The van der Waals surface area contributed by atoms with E-state index in [1.54, 1.807) is 12.1 Å². The summed E-state index contributed by atoms with van der Waals surface area (Å²) < 4.78 is 51.8. The van der Waals surface area contributed by atoms with Crippen molar-refractivity contribution >= 4 is 0 Å². The third-order valence-corrected chi connectivity index (χ3v) is 3.90. The van der Waals surface area contributed by atoms with Gasteiger partial charge in [-0.05, 0) is 47.2 Å². The Morgan fingerprint density at radius 1 is 1.10 bits per heavy atom. The fraction of sp³-hybridized carbons (Fsp3) is 0.250. The zero-order valence-electron chi connectivity index (χ0n) is 11.0. The van der Waals surface area contributed by atoms with E-state index in [4.69, 9.17) is 5.73 Å². The molecule has 0 spiro atoms. The Morgan fingerprint density at radius 3 is 2.57 bits per heavy atom. The van der Waals surface area contributed by atoms with E-state index < -0.39 is 17.6 Å². The molecule has 1 aliphatic rings. The lowest BCUT2D eigenvalue weighted by Crippen LogP contribution is -2.08. The number of rotatable bonds is 1. The number of halogens is 4. The molecule has 1 aliphatic carbocycles. The van der Waals surface area contributed by atoms with Crippen LogP contribution in [-0.2, 0) is 12.6 Å². The van der Waals surface area contributed by atoms with E-state index in [0.29, 0.717) is 11.1 Å². The fourth-order valence-electron chi connectivity index (χ4n) is 2.87. The number of nitrogens with two attached hydrogens (primary N) is 1. The van der Waals surface area contributed by atoms with Crippen LogP contribution in [0.3, 0.4) is 0 Å². The largest absolute Gasteiger partial charge is 0.419 e. The summed E-state index contributed by atoms with van der Waals surface area (Å²) in [5.41, 5.74) is 7.74. The van der Waals surface area contributed by atoms with Crippen molar-refractivity contribution in [1.82, 2.24) is 0 Å². The maximum atomic E-state index is 13.4. The smallest absolute Gasteiger partial charge is 0.324 e. The van der Waals surface area contributed by atoms with Gasteiger partial charge in [-0.1, -0.05) is 24.3 Å². The second kappa shape index (κ2) is 4.84. The van der Waals surface area contributed by atoms with Gasteiger partial charge in [0.1, 0.15) is 5.82 Å².